The lowest BCUT2D eigenvalue weighted by atomic mass is 10.0. The van der Waals surface area contributed by atoms with Crippen LogP contribution in [0.1, 0.15) is 16.5 Å². The predicted molar refractivity (Wildman–Crippen MR) is 95.8 cm³/mol. The molecular formula is C19H15N3S. The monoisotopic (exact) mass is 317 g/mol. The van der Waals surface area contributed by atoms with E-state index in [1.807, 2.05) is 30.6 Å². The number of fused-ring (bicyclic) bond motifs is 1. The van der Waals surface area contributed by atoms with Gasteiger partial charge < -0.3 is 5.32 Å². The number of anilines is 1. The Hall–Kier alpha value is -2.72. The van der Waals surface area contributed by atoms with Crippen molar-refractivity contribution in [2.24, 2.45) is 0 Å². The quantitative estimate of drug-likeness (QED) is 0.582. The van der Waals surface area contributed by atoms with Gasteiger partial charge in [-0.1, -0.05) is 24.3 Å². The molecule has 1 aromatic carbocycles. The molecule has 0 aliphatic heterocycles. The van der Waals surface area contributed by atoms with Crippen LogP contribution >= 0.6 is 11.3 Å². The summed E-state index contributed by atoms with van der Waals surface area (Å²) in [5, 5.41) is 6.84. The fourth-order valence-corrected chi connectivity index (χ4v) is 3.45. The molecule has 0 spiro atoms. The van der Waals surface area contributed by atoms with Crippen LogP contribution in [-0.4, -0.2) is 9.97 Å². The van der Waals surface area contributed by atoms with Crippen molar-refractivity contribution in [3.63, 3.8) is 0 Å². The summed E-state index contributed by atoms with van der Waals surface area (Å²) in [4.78, 5) is 9.93. The molecular weight excluding hydrogens is 302 g/mol. The molecule has 0 aliphatic carbocycles. The topological polar surface area (TPSA) is 37.8 Å². The maximum absolute atomic E-state index is 4.48. The first kappa shape index (κ1) is 13.9. The van der Waals surface area contributed by atoms with Crippen LogP contribution in [0.5, 0.6) is 0 Å². The zero-order valence-corrected chi connectivity index (χ0v) is 13.2. The van der Waals surface area contributed by atoms with Gasteiger partial charge >= 0.3 is 0 Å². The first-order valence-corrected chi connectivity index (χ1v) is 8.33. The van der Waals surface area contributed by atoms with Gasteiger partial charge in [0.2, 0.25) is 0 Å². The van der Waals surface area contributed by atoms with Crippen LogP contribution in [0.3, 0.4) is 0 Å². The average Bonchev–Trinajstić information content (AvgIpc) is 3.14. The Morgan fingerprint density at radius 1 is 0.957 bits per heavy atom. The van der Waals surface area contributed by atoms with E-state index in [2.05, 4.69) is 57.1 Å². The summed E-state index contributed by atoms with van der Waals surface area (Å²) >= 11 is 1.75. The molecule has 3 nitrogen and oxygen atoms in total. The SMILES string of the molecule is c1cncc(NC(c2ccc3cccnc3c2)c2cccs2)c1. The Bertz CT molecular complexity index is 904. The molecule has 0 saturated carbocycles. The second-order valence-electron chi connectivity index (χ2n) is 5.29. The van der Waals surface area contributed by atoms with Gasteiger partial charge in [0.05, 0.1) is 17.2 Å². The Morgan fingerprint density at radius 2 is 1.91 bits per heavy atom. The van der Waals surface area contributed by atoms with Crippen LogP contribution in [0.4, 0.5) is 5.69 Å². The number of rotatable bonds is 4. The Labute approximate surface area is 138 Å². The molecule has 1 atom stereocenters. The molecule has 0 fully saturated rings. The third kappa shape index (κ3) is 2.94. The summed E-state index contributed by atoms with van der Waals surface area (Å²) in [6, 6.07) is 18.8. The highest BCUT2D eigenvalue weighted by molar-refractivity contribution is 7.10. The van der Waals surface area contributed by atoms with Gasteiger partial charge in [-0.25, -0.2) is 0 Å². The lowest BCUT2D eigenvalue weighted by molar-refractivity contribution is 0.963. The van der Waals surface area contributed by atoms with Crippen LogP contribution in [0, 0.1) is 0 Å². The minimum Gasteiger partial charge on any atom is -0.372 e. The fraction of sp³-hybridized carbons (Fsp3) is 0.0526. The molecule has 1 unspecified atom stereocenters. The van der Waals surface area contributed by atoms with Crippen LogP contribution < -0.4 is 5.32 Å². The van der Waals surface area contributed by atoms with E-state index in [0.717, 1.165) is 16.6 Å². The molecule has 3 aromatic heterocycles. The maximum Gasteiger partial charge on any atom is 0.0861 e. The van der Waals surface area contributed by atoms with Gasteiger partial charge in [0.1, 0.15) is 0 Å². The number of hydrogen-bond donors (Lipinski definition) is 1. The molecule has 0 amide bonds. The molecule has 112 valence electrons. The number of hydrogen-bond acceptors (Lipinski definition) is 4. The molecule has 4 rings (SSSR count). The third-order valence-electron chi connectivity index (χ3n) is 3.76. The van der Waals surface area contributed by atoms with Gasteiger partial charge in [-0.3, -0.25) is 9.97 Å². The highest BCUT2D eigenvalue weighted by atomic mass is 32.1. The largest absolute Gasteiger partial charge is 0.372 e. The Balaban J connectivity index is 1.77. The van der Waals surface area contributed by atoms with E-state index in [1.165, 1.54) is 10.4 Å². The first-order valence-electron chi connectivity index (χ1n) is 7.45. The minimum atomic E-state index is 0.0885. The van der Waals surface area contributed by atoms with Crippen LogP contribution in [0.25, 0.3) is 10.9 Å². The maximum atomic E-state index is 4.48. The highest BCUT2D eigenvalue weighted by Gasteiger charge is 2.16. The van der Waals surface area contributed by atoms with E-state index in [9.17, 15) is 0 Å². The van der Waals surface area contributed by atoms with Crippen molar-refractivity contribution in [2.75, 3.05) is 5.32 Å². The van der Waals surface area contributed by atoms with Crippen molar-refractivity contribution in [2.45, 2.75) is 6.04 Å². The number of thiophene rings is 1. The Kier molecular flexibility index (Phi) is 3.74. The molecule has 1 N–H and O–H groups in total. The third-order valence-corrected chi connectivity index (χ3v) is 4.70. The van der Waals surface area contributed by atoms with E-state index in [1.54, 1.807) is 17.5 Å². The number of aromatic nitrogens is 2. The Morgan fingerprint density at radius 3 is 2.74 bits per heavy atom. The van der Waals surface area contributed by atoms with Crippen LogP contribution in [0.15, 0.2) is 78.6 Å². The van der Waals surface area contributed by atoms with Gasteiger partial charge in [0, 0.05) is 28.9 Å². The molecule has 0 radical (unpaired) electrons. The number of nitrogens with zero attached hydrogens (tertiary/aromatic N) is 2. The lowest BCUT2D eigenvalue weighted by Crippen LogP contribution is -2.11. The molecule has 0 bridgehead atoms. The zero-order valence-electron chi connectivity index (χ0n) is 12.4. The van der Waals surface area contributed by atoms with Crippen molar-refractivity contribution in [3.05, 3.63) is 89.0 Å². The summed E-state index contributed by atoms with van der Waals surface area (Å²) in [7, 11) is 0. The predicted octanol–water partition coefficient (Wildman–Crippen LogP) is 4.89. The van der Waals surface area contributed by atoms with Crippen molar-refractivity contribution in [3.8, 4) is 0 Å². The second-order valence-corrected chi connectivity index (χ2v) is 6.27. The summed E-state index contributed by atoms with van der Waals surface area (Å²) in [5.74, 6) is 0. The van der Waals surface area contributed by atoms with Crippen LogP contribution in [-0.2, 0) is 0 Å². The van der Waals surface area contributed by atoms with E-state index in [-0.39, 0.29) is 6.04 Å². The summed E-state index contributed by atoms with van der Waals surface area (Å²) in [6.07, 6.45) is 5.46. The summed E-state index contributed by atoms with van der Waals surface area (Å²) in [5.41, 5.74) is 3.22. The van der Waals surface area contributed by atoms with Crippen molar-refractivity contribution in [1.29, 1.82) is 0 Å². The van der Waals surface area contributed by atoms with Gasteiger partial charge in [0.25, 0.3) is 0 Å². The minimum absolute atomic E-state index is 0.0885. The molecule has 4 aromatic rings. The number of benzene rings is 1. The standard InChI is InChI=1S/C19H15N3S/c1-4-14-7-8-15(12-17(14)21-10-1)19(18-6-3-11-23-18)22-16-5-2-9-20-13-16/h1-13,19,22H. The normalized spacial score (nSPS) is 12.2. The number of nitrogens with one attached hydrogen (secondary N) is 1. The smallest absolute Gasteiger partial charge is 0.0861 e. The van der Waals surface area contributed by atoms with Crippen molar-refractivity contribution >= 4 is 27.9 Å². The van der Waals surface area contributed by atoms with Gasteiger partial charge in [-0.05, 0) is 41.3 Å². The lowest BCUT2D eigenvalue weighted by Gasteiger charge is -2.19. The van der Waals surface area contributed by atoms with E-state index < -0.39 is 0 Å². The summed E-state index contributed by atoms with van der Waals surface area (Å²) < 4.78 is 0. The summed E-state index contributed by atoms with van der Waals surface area (Å²) in [6.45, 7) is 0. The molecule has 4 heteroatoms. The molecule has 23 heavy (non-hydrogen) atoms. The molecule has 3 heterocycles. The van der Waals surface area contributed by atoms with Crippen LogP contribution in [0.2, 0.25) is 0 Å². The van der Waals surface area contributed by atoms with E-state index in [4.69, 9.17) is 0 Å². The van der Waals surface area contributed by atoms with Gasteiger partial charge in [-0.2, -0.15) is 0 Å². The van der Waals surface area contributed by atoms with Crippen molar-refractivity contribution < 1.29 is 0 Å². The zero-order chi connectivity index (χ0) is 15.5. The van der Waals surface area contributed by atoms with Gasteiger partial charge in [-0.15, -0.1) is 11.3 Å². The molecule has 0 saturated heterocycles. The number of pyridine rings is 2. The van der Waals surface area contributed by atoms with E-state index >= 15 is 0 Å². The fourth-order valence-electron chi connectivity index (χ4n) is 2.65. The van der Waals surface area contributed by atoms with Crippen molar-refractivity contribution in [1.82, 2.24) is 9.97 Å². The van der Waals surface area contributed by atoms with E-state index in [0.29, 0.717) is 0 Å². The average molecular weight is 317 g/mol. The van der Waals surface area contributed by atoms with Gasteiger partial charge in [0.15, 0.2) is 0 Å². The highest BCUT2D eigenvalue weighted by Crippen LogP contribution is 2.31. The first-order chi connectivity index (χ1) is 11.4. The second kappa shape index (κ2) is 6.18. The molecule has 0 aliphatic rings.